The van der Waals surface area contributed by atoms with E-state index in [9.17, 15) is 0 Å². The molecule has 1 rings (SSSR count). The first kappa shape index (κ1) is 14.4. The van der Waals surface area contributed by atoms with Crippen LogP contribution in [0.15, 0.2) is 0 Å². The van der Waals surface area contributed by atoms with Gasteiger partial charge in [0.2, 0.25) is 0 Å². The third-order valence-corrected chi connectivity index (χ3v) is 21.1. The zero-order valence-corrected chi connectivity index (χ0v) is 13.9. The standard InChI is InChI=1S/C12H29NOSi2/c1-12(8-7-10-13-2)9-11-15(3,4)16(5,6)14-12/h13H,7-11H2,1-6H3. The first-order valence-corrected chi connectivity index (χ1v) is 13.7. The van der Waals surface area contributed by atoms with Crippen LogP contribution in [0, 0.1) is 0 Å². The van der Waals surface area contributed by atoms with Crippen molar-refractivity contribution in [2.45, 2.75) is 64.0 Å². The maximum Gasteiger partial charge on any atom is 0.174 e. The van der Waals surface area contributed by atoms with Gasteiger partial charge in [0.1, 0.15) is 0 Å². The van der Waals surface area contributed by atoms with E-state index < -0.39 is 15.4 Å². The molecule has 16 heavy (non-hydrogen) atoms. The molecule has 0 bridgehead atoms. The third-order valence-electron chi connectivity index (χ3n) is 4.54. The minimum Gasteiger partial charge on any atom is -0.415 e. The highest BCUT2D eigenvalue weighted by Gasteiger charge is 2.50. The predicted molar refractivity (Wildman–Crippen MR) is 77.0 cm³/mol. The van der Waals surface area contributed by atoms with Gasteiger partial charge in [0.25, 0.3) is 0 Å². The Morgan fingerprint density at radius 1 is 1.25 bits per heavy atom. The van der Waals surface area contributed by atoms with Gasteiger partial charge in [-0.05, 0) is 52.9 Å². The lowest BCUT2D eigenvalue weighted by Gasteiger charge is -2.51. The van der Waals surface area contributed by atoms with Gasteiger partial charge in [0.05, 0.1) is 13.2 Å². The molecule has 0 aliphatic carbocycles. The minimum absolute atomic E-state index is 0.176. The summed E-state index contributed by atoms with van der Waals surface area (Å²) < 4.78 is 6.60. The summed E-state index contributed by atoms with van der Waals surface area (Å²) in [6, 6.07) is 1.46. The zero-order valence-electron chi connectivity index (χ0n) is 11.9. The molecule has 0 aromatic heterocycles. The second-order valence-corrected chi connectivity index (χ2v) is 21.8. The number of hydrogen-bond acceptors (Lipinski definition) is 2. The van der Waals surface area contributed by atoms with E-state index in [0.717, 1.165) is 6.54 Å². The summed E-state index contributed by atoms with van der Waals surface area (Å²) in [6.45, 7) is 13.4. The van der Waals surface area contributed by atoms with E-state index in [4.69, 9.17) is 4.43 Å². The van der Waals surface area contributed by atoms with Crippen LogP contribution in [-0.4, -0.2) is 34.6 Å². The van der Waals surface area contributed by atoms with Gasteiger partial charge in [-0.25, -0.2) is 0 Å². The summed E-state index contributed by atoms with van der Waals surface area (Å²) in [7, 11) is -0.422. The molecule has 96 valence electrons. The van der Waals surface area contributed by atoms with Crippen molar-refractivity contribution in [3.05, 3.63) is 0 Å². The Morgan fingerprint density at radius 3 is 2.38 bits per heavy atom. The highest BCUT2D eigenvalue weighted by molar-refractivity contribution is 7.38. The first-order chi connectivity index (χ1) is 7.22. The number of rotatable bonds is 4. The van der Waals surface area contributed by atoms with Crippen LogP contribution in [-0.2, 0) is 4.43 Å². The Hall–Kier alpha value is 0.354. The molecule has 4 heteroatoms. The molecule has 0 amide bonds. The molecule has 0 saturated carbocycles. The second kappa shape index (κ2) is 4.92. The van der Waals surface area contributed by atoms with E-state index in [0.29, 0.717) is 0 Å². The minimum atomic E-state index is -1.40. The highest BCUT2D eigenvalue weighted by Crippen LogP contribution is 2.40. The highest BCUT2D eigenvalue weighted by atomic mass is 29.3. The summed E-state index contributed by atoms with van der Waals surface area (Å²) in [4.78, 5) is 0. The average Bonchev–Trinajstić information content (AvgIpc) is 2.13. The van der Waals surface area contributed by atoms with E-state index in [1.165, 1.54) is 25.3 Å². The summed E-state index contributed by atoms with van der Waals surface area (Å²) in [5.74, 6) is 0. The molecule has 1 N–H and O–H groups in total. The summed E-state index contributed by atoms with van der Waals surface area (Å²) in [5, 5.41) is 3.23. The Kier molecular flexibility index (Phi) is 4.43. The van der Waals surface area contributed by atoms with Gasteiger partial charge in [-0.3, -0.25) is 0 Å². The fourth-order valence-corrected chi connectivity index (χ4v) is 9.72. The van der Waals surface area contributed by atoms with Crippen LogP contribution in [0.3, 0.4) is 0 Å². The Bertz CT molecular complexity index is 243. The molecule has 2 nitrogen and oxygen atoms in total. The summed E-state index contributed by atoms with van der Waals surface area (Å²) in [6.07, 6.45) is 3.74. The van der Waals surface area contributed by atoms with Crippen molar-refractivity contribution >= 4 is 15.4 Å². The largest absolute Gasteiger partial charge is 0.415 e. The molecule has 1 aliphatic heterocycles. The summed E-state index contributed by atoms with van der Waals surface area (Å²) >= 11 is 0. The molecule has 1 fully saturated rings. The molecule has 1 unspecified atom stereocenters. The lowest BCUT2D eigenvalue weighted by Crippen LogP contribution is -2.64. The van der Waals surface area contributed by atoms with Crippen LogP contribution in [0.2, 0.25) is 32.2 Å². The van der Waals surface area contributed by atoms with Crippen molar-refractivity contribution < 1.29 is 4.43 Å². The lowest BCUT2D eigenvalue weighted by molar-refractivity contribution is 0.0615. The molecular weight excluding hydrogens is 230 g/mol. The third kappa shape index (κ3) is 3.18. The molecule has 0 spiro atoms. The summed E-state index contributed by atoms with van der Waals surface area (Å²) in [5.41, 5.74) is 0.176. The molecule has 1 aliphatic rings. The monoisotopic (exact) mass is 259 g/mol. The predicted octanol–water partition coefficient (Wildman–Crippen LogP) is 3.16. The van der Waals surface area contributed by atoms with Gasteiger partial charge < -0.3 is 9.74 Å². The van der Waals surface area contributed by atoms with E-state index in [1.54, 1.807) is 0 Å². The zero-order chi connectivity index (χ0) is 12.4. The van der Waals surface area contributed by atoms with Gasteiger partial charge in [0.15, 0.2) is 7.83 Å². The van der Waals surface area contributed by atoms with E-state index >= 15 is 0 Å². The van der Waals surface area contributed by atoms with Crippen LogP contribution in [0.1, 0.15) is 26.2 Å². The van der Waals surface area contributed by atoms with Crippen molar-refractivity contribution in [3.63, 3.8) is 0 Å². The van der Waals surface area contributed by atoms with Gasteiger partial charge >= 0.3 is 0 Å². The van der Waals surface area contributed by atoms with Gasteiger partial charge in [-0.15, -0.1) is 0 Å². The fourth-order valence-electron chi connectivity index (χ4n) is 2.50. The maximum atomic E-state index is 6.60. The fraction of sp³-hybridized carbons (Fsp3) is 1.00. The molecule has 1 atom stereocenters. The molecule has 1 heterocycles. The van der Waals surface area contributed by atoms with Crippen molar-refractivity contribution in [1.82, 2.24) is 5.32 Å². The number of hydrogen-bond donors (Lipinski definition) is 1. The quantitative estimate of drug-likeness (QED) is 0.618. The van der Waals surface area contributed by atoms with Crippen LogP contribution < -0.4 is 5.32 Å². The molecule has 0 radical (unpaired) electrons. The SMILES string of the molecule is CNCCCC1(C)CC[Si](C)(C)[Si](C)(C)O1. The van der Waals surface area contributed by atoms with Crippen LogP contribution in [0.25, 0.3) is 0 Å². The van der Waals surface area contributed by atoms with Crippen molar-refractivity contribution in [1.29, 1.82) is 0 Å². The van der Waals surface area contributed by atoms with Crippen LogP contribution in [0.4, 0.5) is 0 Å². The van der Waals surface area contributed by atoms with Crippen molar-refractivity contribution in [2.75, 3.05) is 13.6 Å². The number of nitrogens with one attached hydrogen (secondary N) is 1. The van der Waals surface area contributed by atoms with E-state index in [1.807, 2.05) is 7.05 Å². The van der Waals surface area contributed by atoms with E-state index in [2.05, 4.69) is 38.4 Å². The van der Waals surface area contributed by atoms with Crippen molar-refractivity contribution in [3.8, 4) is 0 Å². The van der Waals surface area contributed by atoms with Gasteiger partial charge in [-0.1, -0.05) is 19.1 Å². The maximum absolute atomic E-state index is 6.60. The molecule has 0 aromatic rings. The average molecular weight is 260 g/mol. The first-order valence-electron chi connectivity index (χ1n) is 6.57. The Labute approximate surface area is 103 Å². The van der Waals surface area contributed by atoms with Crippen LogP contribution >= 0.6 is 0 Å². The topological polar surface area (TPSA) is 21.3 Å². The Balaban J connectivity index is 2.59. The Morgan fingerprint density at radius 2 is 1.88 bits per heavy atom. The second-order valence-electron chi connectivity index (χ2n) is 6.65. The normalized spacial score (nSPS) is 32.6. The van der Waals surface area contributed by atoms with E-state index in [-0.39, 0.29) is 5.60 Å². The molecule has 1 saturated heterocycles. The molecule has 0 aromatic carbocycles. The van der Waals surface area contributed by atoms with Gasteiger partial charge in [-0.2, -0.15) is 0 Å². The smallest absolute Gasteiger partial charge is 0.174 e. The van der Waals surface area contributed by atoms with Crippen molar-refractivity contribution in [2.24, 2.45) is 0 Å². The lowest BCUT2D eigenvalue weighted by atomic mass is 9.97. The molecular formula is C12H29NOSi2. The van der Waals surface area contributed by atoms with Crippen LogP contribution in [0.5, 0.6) is 0 Å². The van der Waals surface area contributed by atoms with Gasteiger partial charge in [0, 0.05) is 0 Å².